The number of nitro groups is 6. The number of nitrogens with zero attached hydrogens (tertiary/aromatic N) is 6. The molecule has 0 radical (unpaired) electrons. The molecule has 0 fully saturated rings. The minimum absolute atomic E-state index is 0.0163. The Morgan fingerprint density at radius 1 is 0.413 bits per heavy atom. The molecule has 240 valence electrons. The molecule has 24 heteroatoms. The number of nitro benzene ring substituents is 6. The number of aromatic hydroxyl groups is 4. The maximum atomic E-state index is 10.4. The number of hydrogen-bond donors (Lipinski definition) is 6. The fourth-order valence-corrected chi connectivity index (χ4v) is 3.41. The van der Waals surface area contributed by atoms with Gasteiger partial charge in [0.1, 0.15) is 11.5 Å². The molecule has 4 aromatic rings. The molecule has 0 saturated heterocycles. The Hall–Kier alpha value is -7.66. The summed E-state index contributed by atoms with van der Waals surface area (Å²) in [6.45, 7) is 0. The first-order valence-electron chi connectivity index (χ1n) is 11.4. The van der Waals surface area contributed by atoms with Crippen LogP contribution in [-0.2, 0) is 0 Å². The van der Waals surface area contributed by atoms with Crippen LogP contribution in [0.2, 0.25) is 0 Å². The van der Waals surface area contributed by atoms with E-state index in [4.69, 9.17) is 21.7 Å². The summed E-state index contributed by atoms with van der Waals surface area (Å²) in [4.78, 5) is 55.5. The summed E-state index contributed by atoms with van der Waals surface area (Å²) in [5.41, 5.74) is 5.85. The third-order valence-corrected chi connectivity index (χ3v) is 5.39. The quantitative estimate of drug-likeness (QED) is 0.0986. The molecule has 0 aromatic heterocycles. The average Bonchev–Trinajstić information content (AvgIpc) is 2.93. The van der Waals surface area contributed by atoms with Gasteiger partial charge >= 0.3 is 22.7 Å². The minimum Gasteiger partial charge on any atom is -0.507 e. The van der Waals surface area contributed by atoms with Crippen molar-refractivity contribution in [3.8, 4) is 23.0 Å². The second-order valence-corrected chi connectivity index (χ2v) is 8.38. The second-order valence-electron chi connectivity index (χ2n) is 8.38. The van der Waals surface area contributed by atoms with E-state index in [2.05, 4.69) is 0 Å². The monoisotopic (exact) mass is 648 g/mol. The molecular formula is C22H16N8O16. The largest absolute Gasteiger partial charge is 0.507 e. The molecule has 0 bridgehead atoms. The Balaban J connectivity index is 0.000000241. The van der Waals surface area contributed by atoms with Crippen LogP contribution in [0.1, 0.15) is 0 Å². The van der Waals surface area contributed by atoms with E-state index in [1.165, 1.54) is 12.1 Å². The van der Waals surface area contributed by atoms with Crippen molar-refractivity contribution in [1.29, 1.82) is 0 Å². The van der Waals surface area contributed by atoms with Crippen LogP contribution in [0.5, 0.6) is 23.0 Å². The van der Waals surface area contributed by atoms with E-state index in [0.29, 0.717) is 46.4 Å². The molecule has 0 aliphatic heterocycles. The topological polar surface area (TPSA) is 392 Å². The zero-order valence-corrected chi connectivity index (χ0v) is 22.1. The van der Waals surface area contributed by atoms with Crippen LogP contribution in [0.3, 0.4) is 0 Å². The molecular weight excluding hydrogens is 632 g/mol. The van der Waals surface area contributed by atoms with Gasteiger partial charge in [-0.25, -0.2) is 0 Å². The second kappa shape index (κ2) is 13.5. The lowest BCUT2D eigenvalue weighted by atomic mass is 10.1. The summed E-state index contributed by atoms with van der Waals surface area (Å²) >= 11 is 0. The Bertz CT molecular complexity index is 1740. The summed E-state index contributed by atoms with van der Waals surface area (Å²) in [5, 5.41) is 101. The highest BCUT2D eigenvalue weighted by molar-refractivity contribution is 5.97. The molecule has 4 rings (SSSR count). The summed E-state index contributed by atoms with van der Waals surface area (Å²) in [6, 6.07) is 7.80. The molecule has 46 heavy (non-hydrogen) atoms. The van der Waals surface area contributed by atoms with Crippen molar-refractivity contribution in [2.24, 2.45) is 0 Å². The van der Waals surface area contributed by atoms with Gasteiger partial charge < -0.3 is 31.9 Å². The van der Waals surface area contributed by atoms with Gasteiger partial charge in [-0.2, -0.15) is 0 Å². The average molecular weight is 648 g/mol. The number of anilines is 2. The van der Waals surface area contributed by atoms with Crippen molar-refractivity contribution in [1.82, 2.24) is 0 Å². The van der Waals surface area contributed by atoms with E-state index in [9.17, 15) is 70.9 Å². The van der Waals surface area contributed by atoms with E-state index in [1.807, 2.05) is 0 Å². The van der Waals surface area contributed by atoms with Crippen molar-refractivity contribution in [3.63, 3.8) is 0 Å². The standard InChI is InChI=1S/C10H10N2O2.2C6H3N3O7/c11-5-1-7-8(10(14)3-5)2-6(12)4-9(7)13;2*10-6-4(8(13)14)1-3(7(11)12)2-5(6)9(15)16/h1-4,13-14H,11-12H2;2*1-2,10H. The van der Waals surface area contributed by atoms with Crippen molar-refractivity contribution in [2.75, 3.05) is 11.5 Å². The van der Waals surface area contributed by atoms with Gasteiger partial charge in [-0.3, -0.25) is 60.7 Å². The highest BCUT2D eigenvalue weighted by Crippen LogP contribution is 2.40. The van der Waals surface area contributed by atoms with Gasteiger partial charge in [0.05, 0.1) is 53.8 Å². The van der Waals surface area contributed by atoms with E-state index in [1.54, 1.807) is 12.1 Å². The molecule has 0 aliphatic carbocycles. The van der Waals surface area contributed by atoms with Gasteiger partial charge in [-0.05, 0) is 12.1 Å². The van der Waals surface area contributed by atoms with Gasteiger partial charge in [0.15, 0.2) is 0 Å². The maximum absolute atomic E-state index is 10.4. The molecule has 8 N–H and O–H groups in total. The number of nitrogens with two attached hydrogens (primary N) is 2. The van der Waals surface area contributed by atoms with Gasteiger partial charge in [-0.1, -0.05) is 0 Å². The summed E-state index contributed by atoms with van der Waals surface area (Å²) in [6.07, 6.45) is 0. The van der Waals surface area contributed by atoms with Crippen molar-refractivity contribution in [3.05, 3.63) is 109 Å². The van der Waals surface area contributed by atoms with Crippen molar-refractivity contribution in [2.45, 2.75) is 0 Å². The summed E-state index contributed by atoms with van der Waals surface area (Å²) in [7, 11) is 0. The number of fused-ring (bicyclic) bond motifs is 1. The van der Waals surface area contributed by atoms with E-state index >= 15 is 0 Å². The van der Waals surface area contributed by atoms with Gasteiger partial charge in [0, 0.05) is 34.3 Å². The zero-order valence-electron chi connectivity index (χ0n) is 22.1. The molecule has 0 atom stereocenters. The fraction of sp³-hybridized carbons (Fsp3) is 0. The highest BCUT2D eigenvalue weighted by Gasteiger charge is 2.31. The number of nitrogen functional groups attached to an aromatic ring is 2. The fourth-order valence-electron chi connectivity index (χ4n) is 3.41. The lowest BCUT2D eigenvalue weighted by Gasteiger charge is -2.06. The predicted octanol–water partition coefficient (Wildman–Crippen LogP) is 3.65. The zero-order chi connectivity index (χ0) is 35.2. The number of phenols is 4. The number of non-ortho nitro benzene ring substituents is 2. The maximum Gasteiger partial charge on any atom is 0.324 e. The van der Waals surface area contributed by atoms with Crippen LogP contribution in [0.25, 0.3) is 10.8 Å². The molecule has 0 unspecified atom stereocenters. The van der Waals surface area contributed by atoms with E-state index < -0.39 is 75.2 Å². The Morgan fingerprint density at radius 3 is 0.848 bits per heavy atom. The Labute approximate surface area is 250 Å². The Kier molecular flexibility index (Phi) is 10.2. The molecule has 0 spiro atoms. The van der Waals surface area contributed by atoms with Crippen LogP contribution in [0.4, 0.5) is 45.5 Å². The first kappa shape index (κ1) is 34.5. The predicted molar refractivity (Wildman–Crippen MR) is 152 cm³/mol. The van der Waals surface area contributed by atoms with Crippen molar-refractivity contribution < 1.29 is 50.0 Å². The number of phenolic OH excluding ortho intramolecular Hbond substituents is 4. The molecule has 4 aromatic carbocycles. The summed E-state index contributed by atoms with van der Waals surface area (Å²) < 4.78 is 0. The lowest BCUT2D eigenvalue weighted by molar-refractivity contribution is -0.404. The van der Waals surface area contributed by atoms with E-state index in [0.717, 1.165) is 0 Å². The lowest BCUT2D eigenvalue weighted by Crippen LogP contribution is -1.97. The normalized spacial score (nSPS) is 10.0. The van der Waals surface area contributed by atoms with Gasteiger partial charge in [0.2, 0.25) is 0 Å². The van der Waals surface area contributed by atoms with Crippen LogP contribution in [0, 0.1) is 60.7 Å². The SMILES string of the molecule is Nc1cc(O)c2cc(N)cc(O)c2c1.O=[N+]([O-])c1cc([N+](=O)[O-])c(O)c([N+](=O)[O-])c1.O=[N+]([O-])c1cc([N+](=O)[O-])c(O)c([N+](=O)[O-])c1. The number of benzene rings is 4. The van der Waals surface area contributed by atoms with Crippen molar-refractivity contribution >= 4 is 56.3 Å². The van der Waals surface area contributed by atoms with E-state index in [-0.39, 0.29) is 11.5 Å². The molecule has 0 saturated carbocycles. The summed E-state index contributed by atoms with van der Waals surface area (Å²) in [5.74, 6) is -2.38. The smallest absolute Gasteiger partial charge is 0.324 e. The highest BCUT2D eigenvalue weighted by atomic mass is 16.7. The van der Waals surface area contributed by atoms with Crippen LogP contribution >= 0.6 is 0 Å². The molecule has 0 amide bonds. The Morgan fingerprint density at radius 2 is 0.652 bits per heavy atom. The first-order chi connectivity index (χ1) is 21.3. The van der Waals surface area contributed by atoms with Crippen LogP contribution in [0.15, 0.2) is 48.5 Å². The molecule has 24 nitrogen and oxygen atoms in total. The molecule has 0 heterocycles. The minimum atomic E-state index is -1.21. The van der Waals surface area contributed by atoms with Gasteiger partial charge in [0.25, 0.3) is 22.9 Å². The number of hydrogen-bond acceptors (Lipinski definition) is 18. The van der Waals surface area contributed by atoms with Crippen LogP contribution in [-0.4, -0.2) is 50.0 Å². The first-order valence-corrected chi connectivity index (χ1v) is 11.4. The van der Waals surface area contributed by atoms with Gasteiger partial charge in [-0.15, -0.1) is 0 Å². The third kappa shape index (κ3) is 7.79. The van der Waals surface area contributed by atoms with Crippen LogP contribution < -0.4 is 11.5 Å². The molecule has 0 aliphatic rings. The number of rotatable bonds is 6. The third-order valence-electron chi connectivity index (χ3n) is 5.39.